The molecule has 1 aromatic heterocycles. The Hall–Kier alpha value is -1.44. The first-order valence-electron chi connectivity index (χ1n) is 7.89. The number of nitrogens with zero attached hydrogens (tertiary/aromatic N) is 4. The Morgan fingerprint density at radius 1 is 1.59 bits per heavy atom. The molecule has 7 heteroatoms. The Labute approximate surface area is 132 Å². The number of nitrogens with two attached hydrogens (primary N) is 1. The van der Waals surface area contributed by atoms with E-state index in [4.69, 9.17) is 10.5 Å². The number of primary amides is 1. The molecule has 0 radical (unpaired) electrons. The molecule has 0 aromatic carbocycles. The van der Waals surface area contributed by atoms with Crippen molar-refractivity contribution in [1.29, 1.82) is 0 Å². The number of rotatable bonds is 8. The highest BCUT2D eigenvalue weighted by molar-refractivity contribution is 5.75. The molecule has 1 aromatic rings. The summed E-state index contributed by atoms with van der Waals surface area (Å²) < 4.78 is 7.78. The van der Waals surface area contributed by atoms with E-state index in [1.165, 1.54) is 5.56 Å². The highest BCUT2D eigenvalue weighted by Gasteiger charge is 2.22. The van der Waals surface area contributed by atoms with E-state index in [-0.39, 0.29) is 18.6 Å². The third kappa shape index (κ3) is 5.40. The smallest absolute Gasteiger partial charge is 0.231 e. The highest BCUT2D eigenvalue weighted by Crippen LogP contribution is 2.11. The Balaban J connectivity index is 1.80. The van der Waals surface area contributed by atoms with Gasteiger partial charge in [-0.3, -0.25) is 19.3 Å². The molecule has 2 heterocycles. The number of amides is 1. The Morgan fingerprint density at radius 2 is 2.41 bits per heavy atom. The zero-order valence-electron chi connectivity index (χ0n) is 13.6. The van der Waals surface area contributed by atoms with Gasteiger partial charge in [0.05, 0.1) is 25.5 Å². The molecule has 0 saturated carbocycles. The van der Waals surface area contributed by atoms with Crippen LogP contribution in [-0.4, -0.2) is 71.4 Å². The number of hydrogen-bond acceptors (Lipinski definition) is 5. The summed E-state index contributed by atoms with van der Waals surface area (Å²) >= 11 is 0. The number of carbonyl (C=O) groups is 1. The second-order valence-corrected chi connectivity index (χ2v) is 6.00. The summed E-state index contributed by atoms with van der Waals surface area (Å²) in [6.45, 7) is 7.50. The van der Waals surface area contributed by atoms with Gasteiger partial charge in [-0.1, -0.05) is 6.92 Å². The lowest BCUT2D eigenvalue weighted by Crippen LogP contribution is -2.47. The summed E-state index contributed by atoms with van der Waals surface area (Å²) in [5.41, 5.74) is 6.45. The molecule has 1 aliphatic heterocycles. The number of aryl methyl sites for hydroxylation is 1. The largest absolute Gasteiger partial charge is 0.374 e. The zero-order valence-corrected chi connectivity index (χ0v) is 13.6. The standard InChI is InChI=1S/C15H27N5O2/c1-3-4-20-9-13(7-17-20)8-19-5-6-22-14(11-19)10-18(2)12-15(16)21/h7,9,14H,3-6,8,10-12H2,1-2H3,(H2,16,21)/t14-/m1/s1. The van der Waals surface area contributed by atoms with Crippen molar-refractivity contribution in [3.63, 3.8) is 0 Å². The van der Waals surface area contributed by atoms with Crippen LogP contribution >= 0.6 is 0 Å². The van der Waals surface area contributed by atoms with Crippen molar-refractivity contribution in [3.05, 3.63) is 18.0 Å². The quantitative estimate of drug-likeness (QED) is 0.726. The monoisotopic (exact) mass is 309 g/mol. The van der Waals surface area contributed by atoms with E-state index in [0.717, 1.165) is 39.2 Å². The van der Waals surface area contributed by atoms with Crippen LogP contribution < -0.4 is 5.73 Å². The van der Waals surface area contributed by atoms with Crippen molar-refractivity contribution in [3.8, 4) is 0 Å². The molecular formula is C15H27N5O2. The number of morpholine rings is 1. The van der Waals surface area contributed by atoms with Crippen LogP contribution in [0.25, 0.3) is 0 Å². The average molecular weight is 309 g/mol. The van der Waals surface area contributed by atoms with Gasteiger partial charge in [-0.25, -0.2) is 0 Å². The van der Waals surface area contributed by atoms with Gasteiger partial charge in [0, 0.05) is 44.5 Å². The molecule has 1 atom stereocenters. The van der Waals surface area contributed by atoms with E-state index in [1.54, 1.807) is 0 Å². The maximum Gasteiger partial charge on any atom is 0.231 e. The topological polar surface area (TPSA) is 76.6 Å². The minimum atomic E-state index is -0.307. The average Bonchev–Trinajstić information content (AvgIpc) is 2.86. The summed E-state index contributed by atoms with van der Waals surface area (Å²) in [6.07, 6.45) is 5.27. The molecule has 1 fully saturated rings. The van der Waals surface area contributed by atoms with Crippen molar-refractivity contribution in [2.75, 3.05) is 39.8 Å². The molecule has 0 bridgehead atoms. The summed E-state index contributed by atoms with van der Waals surface area (Å²) in [5.74, 6) is -0.307. The van der Waals surface area contributed by atoms with Crippen molar-refractivity contribution in [2.24, 2.45) is 5.73 Å². The van der Waals surface area contributed by atoms with Gasteiger partial charge in [0.1, 0.15) is 0 Å². The van der Waals surface area contributed by atoms with E-state index in [0.29, 0.717) is 6.54 Å². The van der Waals surface area contributed by atoms with Gasteiger partial charge in [-0.15, -0.1) is 0 Å². The molecule has 124 valence electrons. The minimum absolute atomic E-state index is 0.115. The lowest BCUT2D eigenvalue weighted by Gasteiger charge is -2.34. The molecule has 2 rings (SSSR count). The van der Waals surface area contributed by atoms with Crippen LogP contribution in [-0.2, 0) is 22.6 Å². The van der Waals surface area contributed by atoms with Gasteiger partial charge in [0.2, 0.25) is 5.91 Å². The van der Waals surface area contributed by atoms with Crippen LogP contribution in [0.5, 0.6) is 0 Å². The normalized spacial score (nSPS) is 19.7. The van der Waals surface area contributed by atoms with Crippen LogP contribution in [0.1, 0.15) is 18.9 Å². The second-order valence-electron chi connectivity index (χ2n) is 6.00. The van der Waals surface area contributed by atoms with Gasteiger partial charge in [-0.05, 0) is 13.5 Å². The van der Waals surface area contributed by atoms with Crippen LogP contribution in [0.3, 0.4) is 0 Å². The predicted octanol–water partition coefficient (Wildman–Crippen LogP) is -0.0890. The lowest BCUT2D eigenvalue weighted by atomic mass is 10.2. The van der Waals surface area contributed by atoms with Crippen molar-refractivity contribution < 1.29 is 9.53 Å². The summed E-state index contributed by atoms with van der Waals surface area (Å²) in [4.78, 5) is 15.2. The van der Waals surface area contributed by atoms with Gasteiger partial charge >= 0.3 is 0 Å². The number of carbonyl (C=O) groups excluding carboxylic acids is 1. The van der Waals surface area contributed by atoms with E-state index in [2.05, 4.69) is 23.1 Å². The number of aromatic nitrogens is 2. The maximum absolute atomic E-state index is 10.9. The Morgan fingerprint density at radius 3 is 3.14 bits per heavy atom. The van der Waals surface area contributed by atoms with Crippen molar-refractivity contribution >= 4 is 5.91 Å². The summed E-state index contributed by atoms with van der Waals surface area (Å²) in [5, 5.41) is 4.37. The third-order valence-electron chi connectivity index (χ3n) is 3.71. The number of likely N-dealkylation sites (N-methyl/N-ethyl adjacent to an activating group) is 1. The fraction of sp³-hybridized carbons (Fsp3) is 0.733. The molecule has 2 N–H and O–H groups in total. The fourth-order valence-corrected chi connectivity index (χ4v) is 2.81. The second kappa shape index (κ2) is 8.26. The van der Waals surface area contributed by atoms with Crippen LogP contribution in [0.2, 0.25) is 0 Å². The van der Waals surface area contributed by atoms with Crippen LogP contribution in [0.4, 0.5) is 0 Å². The predicted molar refractivity (Wildman–Crippen MR) is 84.2 cm³/mol. The highest BCUT2D eigenvalue weighted by atomic mass is 16.5. The van der Waals surface area contributed by atoms with Crippen LogP contribution in [0.15, 0.2) is 12.4 Å². The number of ether oxygens (including phenoxy) is 1. The molecule has 1 amide bonds. The molecular weight excluding hydrogens is 282 g/mol. The fourth-order valence-electron chi connectivity index (χ4n) is 2.81. The molecule has 7 nitrogen and oxygen atoms in total. The van der Waals surface area contributed by atoms with E-state index >= 15 is 0 Å². The van der Waals surface area contributed by atoms with Crippen LogP contribution in [0, 0.1) is 0 Å². The minimum Gasteiger partial charge on any atom is -0.374 e. The molecule has 0 aliphatic carbocycles. The maximum atomic E-state index is 10.9. The van der Waals surface area contributed by atoms with Crippen molar-refractivity contribution in [2.45, 2.75) is 32.5 Å². The van der Waals surface area contributed by atoms with Crippen molar-refractivity contribution in [1.82, 2.24) is 19.6 Å². The molecule has 1 aliphatic rings. The Kier molecular flexibility index (Phi) is 6.35. The summed E-state index contributed by atoms with van der Waals surface area (Å²) in [7, 11) is 1.89. The first-order chi connectivity index (χ1) is 10.6. The lowest BCUT2D eigenvalue weighted by molar-refractivity contribution is -0.119. The third-order valence-corrected chi connectivity index (χ3v) is 3.71. The van der Waals surface area contributed by atoms with Gasteiger partial charge in [0.25, 0.3) is 0 Å². The zero-order chi connectivity index (χ0) is 15.9. The first-order valence-corrected chi connectivity index (χ1v) is 7.89. The van der Waals surface area contributed by atoms with E-state index < -0.39 is 0 Å². The van der Waals surface area contributed by atoms with Gasteiger partial charge in [-0.2, -0.15) is 5.10 Å². The number of hydrogen-bond donors (Lipinski definition) is 1. The Bertz CT molecular complexity index is 476. The van der Waals surface area contributed by atoms with Gasteiger partial charge < -0.3 is 10.5 Å². The van der Waals surface area contributed by atoms with E-state index in [9.17, 15) is 4.79 Å². The molecule has 0 spiro atoms. The van der Waals surface area contributed by atoms with E-state index in [1.807, 2.05) is 22.8 Å². The molecule has 22 heavy (non-hydrogen) atoms. The SMILES string of the molecule is CCCn1cc(CN2CCO[C@H](CN(C)CC(N)=O)C2)cn1. The molecule has 0 unspecified atom stereocenters. The molecule has 1 saturated heterocycles. The first kappa shape index (κ1) is 16.9. The van der Waals surface area contributed by atoms with Gasteiger partial charge in [0.15, 0.2) is 0 Å². The summed E-state index contributed by atoms with van der Waals surface area (Å²) in [6, 6.07) is 0.